The molecule has 0 aliphatic carbocycles. The van der Waals surface area contributed by atoms with E-state index in [-0.39, 0.29) is 17.6 Å². The fourth-order valence-corrected chi connectivity index (χ4v) is 3.49. The number of carbonyl (C=O) groups excluding carboxylic acids is 1. The van der Waals surface area contributed by atoms with E-state index in [0.717, 1.165) is 10.7 Å². The lowest BCUT2D eigenvalue weighted by Gasteiger charge is -2.44. The topological polar surface area (TPSA) is 77.8 Å². The highest BCUT2D eigenvalue weighted by Crippen LogP contribution is 2.46. The molecule has 0 saturated carbocycles. The van der Waals surface area contributed by atoms with Gasteiger partial charge in [0.1, 0.15) is 5.70 Å². The molecule has 2 heterocycles. The van der Waals surface area contributed by atoms with Gasteiger partial charge < -0.3 is 15.1 Å². The maximum Gasteiger partial charge on any atom is 0.353 e. The molecule has 1 saturated heterocycles. The van der Waals surface area contributed by atoms with Gasteiger partial charge in [0, 0.05) is 11.3 Å². The summed E-state index contributed by atoms with van der Waals surface area (Å²) in [5.74, 6) is -0.991. The Morgan fingerprint density at radius 1 is 1.65 bits per heavy atom. The van der Waals surface area contributed by atoms with Crippen LogP contribution in [0.15, 0.2) is 10.6 Å². The molecule has 0 bridgehead atoms. The number of thioether (sulfide) groups is 1. The lowest BCUT2D eigenvalue weighted by molar-refractivity contribution is -0.161. The molecule has 0 radical (unpaired) electrons. The molecule has 2 aliphatic heterocycles. The molecule has 1 fully saturated rings. The predicted molar refractivity (Wildman–Crippen MR) is 63.2 cm³/mol. The molecule has 0 aromatic rings. The lowest BCUT2D eigenvalue weighted by Crippen LogP contribution is -2.61. The minimum absolute atomic E-state index is 0.115. The second-order valence-electron chi connectivity index (χ2n) is 4.26. The number of amides is 1. The van der Waals surface area contributed by atoms with Crippen LogP contribution in [0.2, 0.25) is 0 Å². The number of aliphatic hydroxyl groups is 1. The summed E-state index contributed by atoms with van der Waals surface area (Å²) in [4.78, 5) is 25.1. The van der Waals surface area contributed by atoms with Gasteiger partial charge in [0.15, 0.2) is 0 Å². The number of fused-ring (bicyclic) bond motifs is 1. The first-order valence-electron chi connectivity index (χ1n) is 5.59. The first-order valence-corrected chi connectivity index (χ1v) is 6.58. The Hall–Kier alpha value is -1.01. The molecule has 0 aromatic carbocycles. The van der Waals surface area contributed by atoms with Crippen molar-refractivity contribution in [1.82, 2.24) is 4.90 Å². The Labute approximate surface area is 103 Å². The summed E-state index contributed by atoms with van der Waals surface area (Å²) in [6.07, 6.45) is -0.161. The Kier molecular flexibility index (Phi) is 3.18. The van der Waals surface area contributed by atoms with Crippen LogP contribution in [-0.4, -0.2) is 44.9 Å². The second kappa shape index (κ2) is 4.34. The number of aliphatic hydroxyl groups excluding tert-OH is 1. The van der Waals surface area contributed by atoms with Crippen LogP contribution in [0.5, 0.6) is 0 Å². The number of carboxylic acid groups (broad SMARTS) is 1. The standard InChI is InChI=1S/C11H15NO4S/c1-3-17-7-4-6-8(5(2)13)10(14)12(6)9(7)11(15)16/h5-6,8,13H,3-4H2,1-2H3,(H,15,16)/t5-,6+,8+/m0/s1. The van der Waals surface area contributed by atoms with Gasteiger partial charge in [-0.05, 0) is 12.7 Å². The summed E-state index contributed by atoms with van der Waals surface area (Å²) < 4.78 is 0. The van der Waals surface area contributed by atoms with Gasteiger partial charge in [-0.15, -0.1) is 11.8 Å². The summed E-state index contributed by atoms with van der Waals surface area (Å²) in [5.41, 5.74) is 0.115. The van der Waals surface area contributed by atoms with Crippen LogP contribution in [0.1, 0.15) is 20.3 Å². The first-order chi connectivity index (χ1) is 7.99. The summed E-state index contributed by atoms with van der Waals surface area (Å²) in [7, 11) is 0. The predicted octanol–water partition coefficient (Wildman–Crippen LogP) is 0.647. The van der Waals surface area contributed by atoms with Crippen molar-refractivity contribution in [2.75, 3.05) is 5.75 Å². The number of hydrogen-bond acceptors (Lipinski definition) is 4. The van der Waals surface area contributed by atoms with Crippen LogP contribution >= 0.6 is 11.8 Å². The lowest BCUT2D eigenvalue weighted by atomic mass is 9.83. The minimum Gasteiger partial charge on any atom is -0.477 e. The van der Waals surface area contributed by atoms with Crippen molar-refractivity contribution >= 4 is 23.6 Å². The van der Waals surface area contributed by atoms with E-state index < -0.39 is 18.0 Å². The van der Waals surface area contributed by atoms with E-state index in [0.29, 0.717) is 6.42 Å². The molecule has 2 aliphatic rings. The minimum atomic E-state index is -1.05. The van der Waals surface area contributed by atoms with Crippen LogP contribution < -0.4 is 0 Å². The fourth-order valence-electron chi connectivity index (χ4n) is 2.53. The van der Waals surface area contributed by atoms with Crippen LogP contribution in [0.3, 0.4) is 0 Å². The Morgan fingerprint density at radius 2 is 2.29 bits per heavy atom. The zero-order valence-electron chi connectivity index (χ0n) is 9.71. The smallest absolute Gasteiger partial charge is 0.353 e. The second-order valence-corrected chi connectivity index (χ2v) is 5.61. The van der Waals surface area contributed by atoms with Crippen LogP contribution in [0.25, 0.3) is 0 Å². The summed E-state index contributed by atoms with van der Waals surface area (Å²) in [6.45, 7) is 3.52. The van der Waals surface area contributed by atoms with E-state index in [9.17, 15) is 14.7 Å². The maximum absolute atomic E-state index is 11.8. The number of rotatable bonds is 4. The number of carbonyl (C=O) groups is 2. The SMILES string of the molecule is CCSC1=C(C(=O)O)N2C(=O)[C@H]([C@H](C)O)[C@H]2C1. The molecule has 17 heavy (non-hydrogen) atoms. The highest BCUT2D eigenvalue weighted by Gasteiger charge is 2.56. The van der Waals surface area contributed by atoms with Crippen molar-refractivity contribution in [3.05, 3.63) is 10.6 Å². The van der Waals surface area contributed by atoms with Crippen molar-refractivity contribution in [2.45, 2.75) is 32.4 Å². The highest BCUT2D eigenvalue weighted by molar-refractivity contribution is 8.03. The molecule has 0 aromatic heterocycles. The Balaban J connectivity index is 2.26. The molecule has 0 spiro atoms. The van der Waals surface area contributed by atoms with E-state index in [1.807, 2.05) is 6.92 Å². The van der Waals surface area contributed by atoms with Gasteiger partial charge in [-0.2, -0.15) is 0 Å². The monoisotopic (exact) mass is 257 g/mol. The Bertz CT molecular complexity index is 404. The number of carboxylic acids is 1. The third-order valence-electron chi connectivity index (χ3n) is 3.21. The van der Waals surface area contributed by atoms with Gasteiger partial charge in [-0.25, -0.2) is 4.79 Å². The molecule has 2 rings (SSSR count). The van der Waals surface area contributed by atoms with Gasteiger partial charge in [0.2, 0.25) is 5.91 Å². The third kappa shape index (κ3) is 1.75. The van der Waals surface area contributed by atoms with E-state index in [2.05, 4.69) is 0 Å². The van der Waals surface area contributed by atoms with E-state index in [1.165, 1.54) is 16.7 Å². The molecule has 1 amide bonds. The quantitative estimate of drug-likeness (QED) is 0.723. The molecule has 5 nitrogen and oxygen atoms in total. The number of aliphatic carboxylic acids is 1. The molecule has 2 N–H and O–H groups in total. The molecule has 3 atom stereocenters. The van der Waals surface area contributed by atoms with Crippen molar-refractivity contribution in [1.29, 1.82) is 0 Å². The number of nitrogens with zero attached hydrogens (tertiary/aromatic N) is 1. The summed E-state index contributed by atoms with van der Waals surface area (Å²) >= 11 is 1.46. The van der Waals surface area contributed by atoms with Crippen molar-refractivity contribution in [3.8, 4) is 0 Å². The first kappa shape index (κ1) is 12.4. The van der Waals surface area contributed by atoms with Crippen LogP contribution in [0.4, 0.5) is 0 Å². The van der Waals surface area contributed by atoms with Crippen molar-refractivity contribution in [2.24, 2.45) is 5.92 Å². The molecular formula is C11H15NO4S. The third-order valence-corrected chi connectivity index (χ3v) is 4.21. The molecule has 6 heteroatoms. The molecule has 94 valence electrons. The number of hydrogen-bond donors (Lipinski definition) is 2. The highest BCUT2D eigenvalue weighted by atomic mass is 32.2. The average Bonchev–Trinajstić information content (AvgIpc) is 2.53. The maximum atomic E-state index is 11.8. The van der Waals surface area contributed by atoms with Gasteiger partial charge in [-0.1, -0.05) is 6.92 Å². The summed E-state index contributed by atoms with van der Waals surface area (Å²) in [6, 6.07) is -0.164. The van der Waals surface area contributed by atoms with E-state index in [1.54, 1.807) is 6.92 Å². The zero-order valence-corrected chi connectivity index (χ0v) is 10.5. The van der Waals surface area contributed by atoms with Crippen LogP contribution in [-0.2, 0) is 9.59 Å². The fraction of sp³-hybridized carbons (Fsp3) is 0.636. The summed E-state index contributed by atoms with van der Waals surface area (Å²) in [5, 5.41) is 18.7. The van der Waals surface area contributed by atoms with Gasteiger partial charge in [0.05, 0.1) is 18.1 Å². The largest absolute Gasteiger partial charge is 0.477 e. The number of β-lactam (4-membered cyclic amide) rings is 1. The molecule has 0 unspecified atom stereocenters. The van der Waals surface area contributed by atoms with Crippen molar-refractivity contribution < 1.29 is 19.8 Å². The normalized spacial score (nSPS) is 29.1. The molecular weight excluding hydrogens is 242 g/mol. The van der Waals surface area contributed by atoms with Gasteiger partial charge >= 0.3 is 5.97 Å². The Morgan fingerprint density at radius 3 is 2.76 bits per heavy atom. The van der Waals surface area contributed by atoms with Crippen LogP contribution in [0, 0.1) is 5.92 Å². The van der Waals surface area contributed by atoms with Crippen molar-refractivity contribution in [3.63, 3.8) is 0 Å². The van der Waals surface area contributed by atoms with Gasteiger partial charge in [0.25, 0.3) is 0 Å². The van der Waals surface area contributed by atoms with E-state index >= 15 is 0 Å². The van der Waals surface area contributed by atoms with Gasteiger partial charge in [-0.3, -0.25) is 4.79 Å². The average molecular weight is 257 g/mol. The zero-order chi connectivity index (χ0) is 12.7. The van der Waals surface area contributed by atoms with E-state index in [4.69, 9.17) is 5.11 Å².